The molecule has 0 saturated heterocycles. The van der Waals surface area contributed by atoms with Crippen LogP contribution in [0.5, 0.6) is 0 Å². The summed E-state index contributed by atoms with van der Waals surface area (Å²) < 4.78 is 24.2. The van der Waals surface area contributed by atoms with Gasteiger partial charge in [-0.1, -0.05) is 40.5 Å². The molecule has 10 heteroatoms. The molecule has 0 radical (unpaired) electrons. The molecule has 0 fully saturated rings. The van der Waals surface area contributed by atoms with Gasteiger partial charge >= 0.3 is 12.0 Å². The largest absolute Gasteiger partial charge is 0.452 e. The number of urea groups is 1. The van der Waals surface area contributed by atoms with Crippen molar-refractivity contribution in [2.24, 2.45) is 0 Å². The van der Waals surface area contributed by atoms with Crippen molar-refractivity contribution in [1.82, 2.24) is 10.5 Å². The molecular weight excluding hydrogens is 441 g/mol. The molecule has 2 N–H and O–H groups in total. The van der Waals surface area contributed by atoms with Crippen LogP contribution in [0, 0.1) is 26.6 Å². The number of aryl methyl sites for hydroxylation is 3. The molecule has 0 aliphatic carbocycles. The Morgan fingerprint density at radius 2 is 1.91 bits per heavy atom. The number of benzene rings is 2. The Balaban J connectivity index is 1.64. The summed E-state index contributed by atoms with van der Waals surface area (Å²) >= 11 is 6.04. The summed E-state index contributed by atoms with van der Waals surface area (Å²) in [4.78, 5) is 36.6. The van der Waals surface area contributed by atoms with Crippen LogP contribution in [-0.4, -0.2) is 29.7 Å². The number of esters is 1. The fourth-order valence-electron chi connectivity index (χ4n) is 2.98. The molecule has 1 heterocycles. The predicted molar refractivity (Wildman–Crippen MR) is 115 cm³/mol. The summed E-state index contributed by atoms with van der Waals surface area (Å²) in [5, 5.41) is 8.33. The number of hydrogen-bond donors (Lipinski definition) is 2. The Kier molecular flexibility index (Phi) is 6.89. The number of carbonyl (C=O) groups excluding carboxylic acids is 3. The van der Waals surface area contributed by atoms with E-state index in [-0.39, 0.29) is 27.6 Å². The summed E-state index contributed by atoms with van der Waals surface area (Å²) in [6, 6.07) is 8.60. The molecule has 0 atom stereocenters. The van der Waals surface area contributed by atoms with Gasteiger partial charge in [-0.05, 0) is 44.5 Å². The highest BCUT2D eigenvalue weighted by Crippen LogP contribution is 2.33. The van der Waals surface area contributed by atoms with E-state index in [1.54, 1.807) is 6.07 Å². The molecule has 32 heavy (non-hydrogen) atoms. The first-order chi connectivity index (χ1) is 15.2. The summed E-state index contributed by atoms with van der Waals surface area (Å²) in [6.07, 6.45) is 0. The molecule has 2 aromatic carbocycles. The third-order valence-electron chi connectivity index (χ3n) is 4.48. The van der Waals surface area contributed by atoms with Gasteiger partial charge in [0.2, 0.25) is 0 Å². The second kappa shape index (κ2) is 9.61. The highest BCUT2D eigenvalue weighted by atomic mass is 35.5. The zero-order chi connectivity index (χ0) is 23.4. The Morgan fingerprint density at radius 1 is 1.16 bits per heavy atom. The van der Waals surface area contributed by atoms with E-state index >= 15 is 0 Å². The maximum absolute atomic E-state index is 14.2. The number of rotatable bonds is 5. The molecule has 0 spiro atoms. The van der Waals surface area contributed by atoms with Crippen molar-refractivity contribution in [3.8, 4) is 11.3 Å². The second-order valence-electron chi connectivity index (χ2n) is 6.96. The van der Waals surface area contributed by atoms with Crippen LogP contribution in [0.3, 0.4) is 0 Å². The number of anilines is 1. The molecule has 1 aromatic heterocycles. The number of nitrogens with zero attached hydrogens (tertiary/aromatic N) is 1. The zero-order valence-electron chi connectivity index (χ0n) is 17.4. The third kappa shape index (κ3) is 5.12. The summed E-state index contributed by atoms with van der Waals surface area (Å²) in [7, 11) is 0. The van der Waals surface area contributed by atoms with Gasteiger partial charge < -0.3 is 14.6 Å². The van der Waals surface area contributed by atoms with Crippen LogP contribution in [0.25, 0.3) is 11.3 Å². The van der Waals surface area contributed by atoms with Gasteiger partial charge in [0, 0.05) is 5.69 Å². The van der Waals surface area contributed by atoms with Crippen LogP contribution in [0.15, 0.2) is 40.9 Å². The molecule has 3 rings (SSSR count). The lowest BCUT2D eigenvalue weighted by molar-refractivity contribution is -0.123. The second-order valence-corrected chi connectivity index (χ2v) is 7.36. The van der Waals surface area contributed by atoms with Crippen molar-refractivity contribution in [3.05, 3.63) is 69.7 Å². The molecule has 0 unspecified atom stereocenters. The van der Waals surface area contributed by atoms with Crippen LogP contribution >= 0.6 is 11.6 Å². The van der Waals surface area contributed by atoms with E-state index in [0.29, 0.717) is 5.69 Å². The van der Waals surface area contributed by atoms with Crippen molar-refractivity contribution < 1.29 is 28.0 Å². The van der Waals surface area contributed by atoms with E-state index in [1.807, 2.05) is 26.0 Å². The first kappa shape index (κ1) is 23.0. The average Bonchev–Trinajstić information content (AvgIpc) is 3.09. The summed E-state index contributed by atoms with van der Waals surface area (Å²) in [6.45, 7) is 4.40. The van der Waals surface area contributed by atoms with Gasteiger partial charge in [0.25, 0.3) is 5.91 Å². The Bertz CT molecular complexity index is 1190. The maximum Gasteiger partial charge on any atom is 0.344 e. The SMILES string of the molecule is Cc1ccc(NC(=O)NC(=O)COC(=O)c2c(-c3c(F)cccc3Cl)noc2C)c(C)c1. The average molecular weight is 460 g/mol. The van der Waals surface area contributed by atoms with Gasteiger partial charge in [-0.3, -0.25) is 10.1 Å². The van der Waals surface area contributed by atoms with E-state index in [0.717, 1.165) is 17.2 Å². The number of imide groups is 1. The summed E-state index contributed by atoms with van der Waals surface area (Å²) in [5.74, 6) is -2.50. The standard InChI is InChI=1S/C22H19ClFN3O5/c1-11-7-8-16(12(2)9-11)25-22(30)26-17(28)10-31-21(29)18-13(3)32-27-20(18)19-14(23)5-4-6-15(19)24/h4-9H,10H2,1-3H3,(H2,25,26,28,30). The summed E-state index contributed by atoms with van der Waals surface area (Å²) in [5.41, 5.74) is 1.92. The van der Waals surface area contributed by atoms with Crippen LogP contribution in [0.1, 0.15) is 27.2 Å². The lowest BCUT2D eigenvalue weighted by atomic mass is 10.1. The van der Waals surface area contributed by atoms with Crippen molar-refractivity contribution in [1.29, 1.82) is 0 Å². The lowest BCUT2D eigenvalue weighted by Crippen LogP contribution is -2.37. The molecule has 0 saturated carbocycles. The minimum absolute atomic E-state index is 0.0214. The van der Waals surface area contributed by atoms with Crippen LogP contribution in [0.2, 0.25) is 5.02 Å². The van der Waals surface area contributed by atoms with Crippen molar-refractivity contribution in [2.75, 3.05) is 11.9 Å². The van der Waals surface area contributed by atoms with Crippen LogP contribution < -0.4 is 10.6 Å². The molecule has 3 aromatic rings. The van der Waals surface area contributed by atoms with E-state index in [1.165, 1.54) is 19.1 Å². The van der Waals surface area contributed by atoms with Gasteiger partial charge in [-0.25, -0.2) is 14.0 Å². The maximum atomic E-state index is 14.2. The molecule has 0 aliphatic rings. The normalized spacial score (nSPS) is 10.5. The van der Waals surface area contributed by atoms with Crippen molar-refractivity contribution in [3.63, 3.8) is 0 Å². The van der Waals surface area contributed by atoms with E-state index in [4.69, 9.17) is 20.9 Å². The number of ether oxygens (including phenoxy) is 1. The fourth-order valence-corrected chi connectivity index (χ4v) is 3.23. The van der Waals surface area contributed by atoms with Gasteiger partial charge in [-0.15, -0.1) is 0 Å². The van der Waals surface area contributed by atoms with Gasteiger partial charge in [-0.2, -0.15) is 0 Å². The molecule has 0 bridgehead atoms. The topological polar surface area (TPSA) is 111 Å². The highest BCUT2D eigenvalue weighted by molar-refractivity contribution is 6.33. The van der Waals surface area contributed by atoms with Crippen LogP contribution in [-0.2, 0) is 9.53 Å². The number of carbonyl (C=O) groups is 3. The molecule has 0 aliphatic heterocycles. The first-order valence-electron chi connectivity index (χ1n) is 9.43. The van der Waals surface area contributed by atoms with E-state index < -0.39 is 30.3 Å². The molecular formula is C22H19ClFN3O5. The predicted octanol–water partition coefficient (Wildman–Crippen LogP) is 4.56. The monoisotopic (exact) mass is 459 g/mol. The minimum Gasteiger partial charge on any atom is -0.452 e. The fraction of sp³-hybridized carbons (Fsp3) is 0.182. The molecule has 8 nitrogen and oxygen atoms in total. The molecule has 3 amide bonds. The Labute approximate surface area is 187 Å². The number of nitrogens with one attached hydrogen (secondary N) is 2. The highest BCUT2D eigenvalue weighted by Gasteiger charge is 2.27. The number of hydrogen-bond acceptors (Lipinski definition) is 6. The van der Waals surface area contributed by atoms with Gasteiger partial charge in [0.05, 0.1) is 10.6 Å². The first-order valence-corrected chi connectivity index (χ1v) is 9.81. The third-order valence-corrected chi connectivity index (χ3v) is 4.80. The van der Waals surface area contributed by atoms with E-state index in [2.05, 4.69) is 15.8 Å². The quantitative estimate of drug-likeness (QED) is 0.541. The smallest absolute Gasteiger partial charge is 0.344 e. The van der Waals surface area contributed by atoms with E-state index in [9.17, 15) is 18.8 Å². The molecule has 166 valence electrons. The zero-order valence-corrected chi connectivity index (χ0v) is 18.2. The minimum atomic E-state index is -0.983. The number of halogens is 2. The van der Waals surface area contributed by atoms with Crippen LogP contribution in [0.4, 0.5) is 14.9 Å². The number of aromatic nitrogens is 1. The Morgan fingerprint density at radius 3 is 2.59 bits per heavy atom. The van der Waals surface area contributed by atoms with Gasteiger partial charge in [0.15, 0.2) is 6.61 Å². The van der Waals surface area contributed by atoms with Gasteiger partial charge in [0.1, 0.15) is 22.8 Å². The van der Waals surface area contributed by atoms with Crippen molar-refractivity contribution in [2.45, 2.75) is 20.8 Å². The van der Waals surface area contributed by atoms with Crippen molar-refractivity contribution >= 4 is 35.2 Å². The number of amides is 3. The Hall–Kier alpha value is -3.72. The lowest BCUT2D eigenvalue weighted by Gasteiger charge is -2.10.